The molecule has 0 radical (unpaired) electrons. The molecule has 86 valence electrons. The molecule has 0 saturated heterocycles. The summed E-state index contributed by atoms with van der Waals surface area (Å²) in [6.07, 6.45) is 3.25. The van der Waals surface area contributed by atoms with Gasteiger partial charge in [-0.3, -0.25) is 4.98 Å². The maximum absolute atomic E-state index is 5.72. The zero-order valence-electron chi connectivity index (χ0n) is 9.08. The first-order valence-electron chi connectivity index (χ1n) is 5.15. The number of benzene rings is 1. The molecule has 0 atom stereocenters. The predicted octanol–water partition coefficient (Wildman–Crippen LogP) is 3.29. The van der Waals surface area contributed by atoms with Crippen LogP contribution in [0, 0.1) is 0 Å². The summed E-state index contributed by atoms with van der Waals surface area (Å²) in [5.41, 5.74) is 1.79. The van der Waals surface area contributed by atoms with Crippen molar-refractivity contribution in [2.45, 2.75) is 6.61 Å². The van der Waals surface area contributed by atoms with Crippen LogP contribution in [0.3, 0.4) is 0 Å². The third-order valence-electron chi connectivity index (χ3n) is 2.08. The zero-order valence-corrected chi connectivity index (χ0v) is 9.84. The van der Waals surface area contributed by atoms with E-state index in [0.717, 1.165) is 11.3 Å². The molecule has 17 heavy (non-hydrogen) atoms. The van der Waals surface area contributed by atoms with Crippen LogP contribution >= 0.6 is 11.6 Å². The van der Waals surface area contributed by atoms with Gasteiger partial charge < -0.3 is 4.84 Å². The SMILES string of the molecule is Clc1ccc(CO/N=C/c2ccccc2)nc1. The van der Waals surface area contributed by atoms with Gasteiger partial charge in [-0.05, 0) is 17.7 Å². The van der Waals surface area contributed by atoms with Crippen molar-refractivity contribution in [3.63, 3.8) is 0 Å². The molecule has 0 amide bonds. The lowest BCUT2D eigenvalue weighted by Crippen LogP contribution is -1.91. The Hall–Kier alpha value is -1.87. The van der Waals surface area contributed by atoms with E-state index in [2.05, 4.69) is 10.1 Å². The topological polar surface area (TPSA) is 34.5 Å². The Labute approximate surface area is 105 Å². The summed E-state index contributed by atoms with van der Waals surface area (Å²) >= 11 is 5.72. The van der Waals surface area contributed by atoms with Crippen LogP contribution in [-0.4, -0.2) is 11.2 Å². The summed E-state index contributed by atoms with van der Waals surface area (Å²) in [4.78, 5) is 9.22. The van der Waals surface area contributed by atoms with Crippen molar-refractivity contribution in [1.29, 1.82) is 0 Å². The van der Waals surface area contributed by atoms with Crippen molar-refractivity contribution in [3.8, 4) is 0 Å². The van der Waals surface area contributed by atoms with E-state index in [9.17, 15) is 0 Å². The van der Waals surface area contributed by atoms with Gasteiger partial charge in [0.2, 0.25) is 0 Å². The third-order valence-corrected chi connectivity index (χ3v) is 2.30. The molecule has 0 spiro atoms. The van der Waals surface area contributed by atoms with Gasteiger partial charge in [-0.1, -0.05) is 47.1 Å². The zero-order chi connectivity index (χ0) is 11.9. The van der Waals surface area contributed by atoms with Crippen LogP contribution in [0.1, 0.15) is 11.3 Å². The Morgan fingerprint density at radius 2 is 2.00 bits per heavy atom. The average Bonchev–Trinajstić information content (AvgIpc) is 2.38. The van der Waals surface area contributed by atoms with Crippen LogP contribution in [0.4, 0.5) is 0 Å². The van der Waals surface area contributed by atoms with Crippen molar-refractivity contribution >= 4 is 17.8 Å². The van der Waals surface area contributed by atoms with E-state index in [4.69, 9.17) is 16.4 Å². The molecule has 1 aromatic carbocycles. The fourth-order valence-corrected chi connectivity index (χ4v) is 1.34. The lowest BCUT2D eigenvalue weighted by atomic mass is 10.2. The van der Waals surface area contributed by atoms with Crippen molar-refractivity contribution in [3.05, 3.63) is 64.9 Å². The molecule has 0 bridgehead atoms. The first-order chi connectivity index (χ1) is 8.34. The highest BCUT2D eigenvalue weighted by molar-refractivity contribution is 6.30. The van der Waals surface area contributed by atoms with Gasteiger partial charge >= 0.3 is 0 Å². The predicted molar refractivity (Wildman–Crippen MR) is 68.1 cm³/mol. The van der Waals surface area contributed by atoms with E-state index in [1.807, 2.05) is 30.3 Å². The van der Waals surface area contributed by atoms with Gasteiger partial charge in [0.15, 0.2) is 6.61 Å². The number of aromatic nitrogens is 1. The number of hydrogen-bond acceptors (Lipinski definition) is 3. The van der Waals surface area contributed by atoms with Crippen LogP contribution in [0.5, 0.6) is 0 Å². The summed E-state index contributed by atoms with van der Waals surface area (Å²) < 4.78 is 0. The van der Waals surface area contributed by atoms with Crippen LogP contribution in [0.25, 0.3) is 0 Å². The Kier molecular flexibility index (Phi) is 4.11. The molecule has 2 aromatic rings. The highest BCUT2D eigenvalue weighted by Gasteiger charge is 1.94. The number of halogens is 1. The Bertz CT molecular complexity index is 483. The van der Waals surface area contributed by atoms with E-state index >= 15 is 0 Å². The number of rotatable bonds is 4. The second-order valence-corrected chi connectivity index (χ2v) is 3.82. The maximum atomic E-state index is 5.72. The second-order valence-electron chi connectivity index (χ2n) is 3.39. The lowest BCUT2D eigenvalue weighted by molar-refractivity contribution is 0.129. The monoisotopic (exact) mass is 246 g/mol. The molecule has 0 fully saturated rings. The normalized spacial score (nSPS) is 10.6. The Morgan fingerprint density at radius 1 is 1.18 bits per heavy atom. The largest absolute Gasteiger partial charge is 0.389 e. The first kappa shape index (κ1) is 11.6. The molecule has 0 saturated carbocycles. The Morgan fingerprint density at radius 3 is 2.71 bits per heavy atom. The van der Waals surface area contributed by atoms with Crippen LogP contribution in [0.15, 0.2) is 53.8 Å². The van der Waals surface area contributed by atoms with Gasteiger partial charge in [-0.25, -0.2) is 0 Å². The van der Waals surface area contributed by atoms with Gasteiger partial charge in [0.05, 0.1) is 16.9 Å². The molecule has 0 aliphatic heterocycles. The van der Waals surface area contributed by atoms with Crippen molar-refractivity contribution < 1.29 is 4.84 Å². The smallest absolute Gasteiger partial charge is 0.159 e. The van der Waals surface area contributed by atoms with Gasteiger partial charge in [-0.2, -0.15) is 0 Å². The molecule has 1 heterocycles. The van der Waals surface area contributed by atoms with E-state index < -0.39 is 0 Å². The van der Waals surface area contributed by atoms with Gasteiger partial charge in [0, 0.05) is 6.20 Å². The summed E-state index contributed by atoms with van der Waals surface area (Å²) in [5.74, 6) is 0. The summed E-state index contributed by atoms with van der Waals surface area (Å²) in [7, 11) is 0. The molecule has 3 nitrogen and oxygen atoms in total. The second kappa shape index (κ2) is 6.01. The standard InChI is InChI=1S/C13H11ClN2O/c14-12-6-7-13(15-9-12)10-17-16-8-11-4-2-1-3-5-11/h1-9H,10H2/b16-8+. The van der Waals surface area contributed by atoms with Gasteiger partial charge in [0.25, 0.3) is 0 Å². The van der Waals surface area contributed by atoms with Crippen LogP contribution in [-0.2, 0) is 11.4 Å². The number of oxime groups is 1. The summed E-state index contributed by atoms with van der Waals surface area (Å²) in [6.45, 7) is 0.334. The lowest BCUT2D eigenvalue weighted by Gasteiger charge is -1.98. The molecule has 1 aromatic heterocycles. The highest BCUT2D eigenvalue weighted by atomic mass is 35.5. The van der Waals surface area contributed by atoms with Crippen LogP contribution < -0.4 is 0 Å². The molecule has 2 rings (SSSR count). The van der Waals surface area contributed by atoms with E-state index in [0.29, 0.717) is 11.6 Å². The summed E-state index contributed by atoms with van der Waals surface area (Å²) in [6, 6.07) is 13.3. The quantitative estimate of drug-likeness (QED) is 0.613. The number of hydrogen-bond donors (Lipinski definition) is 0. The summed E-state index contributed by atoms with van der Waals surface area (Å²) in [5, 5.41) is 4.47. The number of nitrogens with zero attached hydrogens (tertiary/aromatic N) is 2. The highest BCUT2D eigenvalue weighted by Crippen LogP contribution is 2.06. The molecule has 4 heteroatoms. The minimum absolute atomic E-state index is 0.334. The van der Waals surface area contributed by atoms with Crippen molar-refractivity contribution in [1.82, 2.24) is 4.98 Å². The van der Waals surface area contributed by atoms with Gasteiger partial charge in [0.1, 0.15) is 0 Å². The molecule has 0 N–H and O–H groups in total. The van der Waals surface area contributed by atoms with E-state index in [1.54, 1.807) is 24.5 Å². The van der Waals surface area contributed by atoms with E-state index in [-0.39, 0.29) is 0 Å². The third kappa shape index (κ3) is 3.89. The van der Waals surface area contributed by atoms with Crippen molar-refractivity contribution in [2.24, 2.45) is 5.16 Å². The Balaban J connectivity index is 1.84. The number of pyridine rings is 1. The van der Waals surface area contributed by atoms with E-state index in [1.165, 1.54) is 0 Å². The minimum atomic E-state index is 0.334. The average molecular weight is 247 g/mol. The van der Waals surface area contributed by atoms with Gasteiger partial charge in [-0.15, -0.1) is 0 Å². The fraction of sp³-hybridized carbons (Fsp3) is 0.0769. The van der Waals surface area contributed by atoms with Crippen LogP contribution in [0.2, 0.25) is 5.02 Å². The molecule has 0 aliphatic carbocycles. The first-order valence-corrected chi connectivity index (χ1v) is 5.53. The minimum Gasteiger partial charge on any atom is -0.389 e. The maximum Gasteiger partial charge on any atom is 0.159 e. The fourth-order valence-electron chi connectivity index (χ4n) is 1.23. The molecular formula is C13H11ClN2O. The molecule has 0 unspecified atom stereocenters. The van der Waals surface area contributed by atoms with Crippen molar-refractivity contribution in [2.75, 3.05) is 0 Å². The molecular weight excluding hydrogens is 236 g/mol. The molecule has 0 aliphatic rings.